The Hall–Kier alpha value is -2.64. The molecule has 3 aliphatic rings. The minimum Gasteiger partial charge on any atom is -0.495 e. The van der Waals surface area contributed by atoms with Gasteiger partial charge < -0.3 is 25.1 Å². The van der Waals surface area contributed by atoms with Gasteiger partial charge in [-0.05, 0) is 37.8 Å². The summed E-state index contributed by atoms with van der Waals surface area (Å²) in [5.74, 6) is 1.39. The molecular weight excluding hydrogens is 530 g/mol. The van der Waals surface area contributed by atoms with Gasteiger partial charge in [-0.2, -0.15) is 14.3 Å². The molecule has 0 atom stereocenters. The number of ether oxygens (including phenoxy) is 2. The molecule has 1 aliphatic carbocycles. The maximum Gasteiger partial charge on any atom is 0.243 e. The Morgan fingerprint density at radius 1 is 1.11 bits per heavy atom. The predicted octanol–water partition coefficient (Wildman–Crippen LogP) is 3.42. The Morgan fingerprint density at radius 2 is 1.87 bits per heavy atom. The van der Waals surface area contributed by atoms with Crippen molar-refractivity contribution in [2.45, 2.75) is 42.7 Å². The van der Waals surface area contributed by atoms with E-state index in [1.165, 1.54) is 7.11 Å². The number of benzene rings is 1. The summed E-state index contributed by atoms with van der Waals surface area (Å²) in [7, 11) is -2.14. The third-order valence-electron chi connectivity index (χ3n) is 7.44. The summed E-state index contributed by atoms with van der Waals surface area (Å²) in [5, 5.41) is 7.89. The molecule has 2 saturated heterocycles. The van der Waals surface area contributed by atoms with E-state index in [1.807, 2.05) is 0 Å². The molecule has 2 aromatic heterocycles. The maximum absolute atomic E-state index is 13.5. The van der Waals surface area contributed by atoms with Gasteiger partial charge in [0.25, 0.3) is 0 Å². The van der Waals surface area contributed by atoms with Crippen molar-refractivity contribution in [1.82, 2.24) is 24.2 Å². The third kappa shape index (κ3) is 5.15. The van der Waals surface area contributed by atoms with Crippen molar-refractivity contribution in [3.63, 3.8) is 0 Å². The molecule has 3 N–H and O–H groups in total. The number of fused-ring (bicyclic) bond motifs is 1. The van der Waals surface area contributed by atoms with Gasteiger partial charge in [-0.25, -0.2) is 8.42 Å². The van der Waals surface area contributed by atoms with Gasteiger partial charge in [0, 0.05) is 50.5 Å². The first-order valence-electron chi connectivity index (χ1n) is 13.0. The standard InChI is InChI=1S/C25H32ClN7O4S/c1-36-21-14-18(38(34,35)33-8-6-17(7-9-33)32-10-12-37-13-11-32)4-5-20(21)29-25-30-23-22(19(26)15-27-23)24(31-25)28-16-2-3-16/h4-5,14-17H,2-3,6-13H2,1H3,(H3,27,28,29,30,31). The van der Waals surface area contributed by atoms with Crippen molar-refractivity contribution >= 4 is 50.1 Å². The number of rotatable bonds is 8. The zero-order chi connectivity index (χ0) is 26.3. The minimum absolute atomic E-state index is 0.202. The summed E-state index contributed by atoms with van der Waals surface area (Å²) in [6, 6.07) is 5.62. The van der Waals surface area contributed by atoms with Crippen LogP contribution in [0.15, 0.2) is 29.3 Å². The van der Waals surface area contributed by atoms with Crippen LogP contribution in [0.1, 0.15) is 25.7 Å². The van der Waals surface area contributed by atoms with Gasteiger partial charge in [0.1, 0.15) is 17.2 Å². The lowest BCUT2D eigenvalue weighted by atomic mass is 10.0. The van der Waals surface area contributed by atoms with Gasteiger partial charge in [0.2, 0.25) is 16.0 Å². The quantitative estimate of drug-likeness (QED) is 0.379. The number of aromatic amines is 1. The van der Waals surface area contributed by atoms with E-state index in [9.17, 15) is 8.42 Å². The molecule has 38 heavy (non-hydrogen) atoms. The van der Waals surface area contributed by atoms with E-state index in [0.717, 1.165) is 57.4 Å². The Balaban J connectivity index is 1.20. The van der Waals surface area contributed by atoms with E-state index < -0.39 is 10.0 Å². The number of sulfonamides is 1. The van der Waals surface area contributed by atoms with Crippen molar-refractivity contribution < 1.29 is 17.9 Å². The van der Waals surface area contributed by atoms with E-state index in [4.69, 9.17) is 21.1 Å². The molecule has 0 unspecified atom stereocenters. The third-order valence-corrected chi connectivity index (χ3v) is 9.64. The normalized spacial score (nSPS) is 20.1. The number of H-pyrrole nitrogens is 1. The van der Waals surface area contributed by atoms with Crippen LogP contribution in [0.2, 0.25) is 5.02 Å². The lowest BCUT2D eigenvalue weighted by Gasteiger charge is -2.39. The van der Waals surface area contributed by atoms with E-state index >= 15 is 0 Å². The Labute approximate surface area is 226 Å². The maximum atomic E-state index is 13.5. The number of hydrogen-bond acceptors (Lipinski definition) is 9. The van der Waals surface area contributed by atoms with Crippen LogP contribution in [0.3, 0.4) is 0 Å². The van der Waals surface area contributed by atoms with Crippen LogP contribution in [-0.4, -0.2) is 91.2 Å². The van der Waals surface area contributed by atoms with Crippen LogP contribution in [0.5, 0.6) is 5.75 Å². The van der Waals surface area contributed by atoms with Crippen molar-refractivity contribution in [2.75, 3.05) is 57.1 Å². The van der Waals surface area contributed by atoms with Crippen molar-refractivity contribution in [3.8, 4) is 5.75 Å². The van der Waals surface area contributed by atoms with Crippen molar-refractivity contribution in [1.29, 1.82) is 0 Å². The monoisotopic (exact) mass is 561 g/mol. The van der Waals surface area contributed by atoms with Gasteiger partial charge in [-0.3, -0.25) is 4.90 Å². The molecule has 204 valence electrons. The molecule has 11 nitrogen and oxygen atoms in total. The largest absolute Gasteiger partial charge is 0.495 e. The van der Waals surface area contributed by atoms with Crippen LogP contribution < -0.4 is 15.4 Å². The van der Waals surface area contributed by atoms with E-state index in [1.54, 1.807) is 28.7 Å². The fourth-order valence-electron chi connectivity index (χ4n) is 5.17. The molecule has 0 bridgehead atoms. The molecule has 3 fully saturated rings. The topological polar surface area (TPSA) is 125 Å². The average Bonchev–Trinajstić information content (AvgIpc) is 3.68. The summed E-state index contributed by atoms with van der Waals surface area (Å²) in [6.45, 7) is 4.30. The fraction of sp³-hybridized carbons (Fsp3) is 0.520. The number of piperidine rings is 1. The molecule has 13 heteroatoms. The summed E-state index contributed by atoms with van der Waals surface area (Å²) >= 11 is 6.35. The first-order chi connectivity index (χ1) is 18.4. The molecular formula is C25H32ClN7O4S. The number of methoxy groups -OCH3 is 1. The zero-order valence-corrected chi connectivity index (χ0v) is 22.8. The molecule has 4 heterocycles. The molecule has 2 aliphatic heterocycles. The van der Waals surface area contributed by atoms with Crippen LogP contribution in [-0.2, 0) is 14.8 Å². The van der Waals surface area contributed by atoms with Gasteiger partial charge in [-0.1, -0.05) is 11.6 Å². The molecule has 3 aromatic rings. The van der Waals surface area contributed by atoms with Crippen LogP contribution in [0, 0.1) is 0 Å². The number of morpholine rings is 1. The highest BCUT2D eigenvalue weighted by Crippen LogP contribution is 2.35. The molecule has 1 saturated carbocycles. The van der Waals surface area contributed by atoms with E-state index in [-0.39, 0.29) is 4.90 Å². The average molecular weight is 562 g/mol. The molecule has 0 radical (unpaired) electrons. The van der Waals surface area contributed by atoms with Gasteiger partial charge in [0.05, 0.1) is 41.3 Å². The highest BCUT2D eigenvalue weighted by Gasteiger charge is 2.33. The predicted molar refractivity (Wildman–Crippen MR) is 146 cm³/mol. The van der Waals surface area contributed by atoms with Gasteiger partial charge in [-0.15, -0.1) is 0 Å². The summed E-state index contributed by atoms with van der Waals surface area (Å²) in [6.07, 6.45) is 5.49. The summed E-state index contributed by atoms with van der Waals surface area (Å²) in [4.78, 5) is 14.9. The minimum atomic E-state index is -3.66. The molecule has 6 rings (SSSR count). The Kier molecular flexibility index (Phi) is 7.08. The molecule has 0 amide bonds. The second-order valence-corrected chi connectivity index (χ2v) is 12.3. The number of nitrogens with zero attached hydrogens (tertiary/aromatic N) is 4. The Morgan fingerprint density at radius 3 is 2.58 bits per heavy atom. The van der Waals surface area contributed by atoms with Gasteiger partial charge >= 0.3 is 0 Å². The van der Waals surface area contributed by atoms with Crippen LogP contribution >= 0.6 is 11.6 Å². The Bertz CT molecular complexity index is 1410. The summed E-state index contributed by atoms with van der Waals surface area (Å²) in [5.41, 5.74) is 1.17. The SMILES string of the molecule is COc1cc(S(=O)(=O)N2CCC(N3CCOCC3)CC2)ccc1Nc1nc(NC2CC2)c2c(Cl)c[nH]c2n1. The first-order valence-corrected chi connectivity index (χ1v) is 14.8. The number of hydrogen-bond donors (Lipinski definition) is 3. The zero-order valence-electron chi connectivity index (χ0n) is 21.2. The lowest BCUT2D eigenvalue weighted by Crippen LogP contribution is -2.50. The highest BCUT2D eigenvalue weighted by atomic mass is 35.5. The van der Waals surface area contributed by atoms with E-state index in [2.05, 4.69) is 30.5 Å². The number of nitrogens with one attached hydrogen (secondary N) is 3. The number of aromatic nitrogens is 3. The second kappa shape index (κ2) is 10.5. The van der Waals surface area contributed by atoms with Gasteiger partial charge in [0.15, 0.2) is 0 Å². The van der Waals surface area contributed by atoms with Crippen LogP contribution in [0.4, 0.5) is 17.5 Å². The second-order valence-electron chi connectivity index (χ2n) is 9.95. The molecule has 1 aromatic carbocycles. The summed E-state index contributed by atoms with van der Waals surface area (Å²) < 4.78 is 39.6. The fourth-order valence-corrected chi connectivity index (χ4v) is 6.89. The smallest absolute Gasteiger partial charge is 0.243 e. The first kappa shape index (κ1) is 25.6. The number of anilines is 3. The highest BCUT2D eigenvalue weighted by molar-refractivity contribution is 7.89. The van der Waals surface area contributed by atoms with Crippen LogP contribution in [0.25, 0.3) is 11.0 Å². The lowest BCUT2D eigenvalue weighted by molar-refractivity contribution is 0.00610. The number of halogens is 1. The molecule has 0 spiro atoms. The van der Waals surface area contributed by atoms with Crippen molar-refractivity contribution in [3.05, 3.63) is 29.4 Å². The van der Waals surface area contributed by atoms with Crippen molar-refractivity contribution in [2.24, 2.45) is 0 Å². The van der Waals surface area contributed by atoms with E-state index in [0.29, 0.717) is 59.0 Å².